The first-order chi connectivity index (χ1) is 9.14. The van der Waals surface area contributed by atoms with Crippen LogP contribution in [0.25, 0.3) is 0 Å². The van der Waals surface area contributed by atoms with Gasteiger partial charge in [0.2, 0.25) is 5.91 Å². The van der Waals surface area contributed by atoms with E-state index in [0.717, 1.165) is 4.90 Å². The number of carboxylic acids is 1. The molecule has 5 nitrogen and oxygen atoms in total. The van der Waals surface area contributed by atoms with E-state index in [1.807, 2.05) is 6.92 Å². The molecule has 0 aliphatic carbocycles. The Bertz CT molecular complexity index is 385. The van der Waals surface area contributed by atoms with Crippen molar-refractivity contribution in [2.75, 3.05) is 19.7 Å². The quantitative estimate of drug-likeness (QED) is 0.838. The van der Waals surface area contributed by atoms with Gasteiger partial charge in [-0.05, 0) is 19.8 Å². The number of likely N-dealkylation sites (tertiary alicyclic amines) is 1. The molecular formula is C12H18F3NO4. The second-order valence-electron chi connectivity index (χ2n) is 4.98. The van der Waals surface area contributed by atoms with Crippen LogP contribution in [0.1, 0.15) is 26.7 Å². The summed E-state index contributed by atoms with van der Waals surface area (Å²) < 4.78 is 43.9. The standard InChI is InChI=1S/C12H18F3NO4/c1-3-8(2)20-6-9(17)16-5-4-11(7-16,10(18)19)12(13,14)15/h8H,3-7H2,1-2H3,(H,18,19). The summed E-state index contributed by atoms with van der Waals surface area (Å²) in [5, 5.41) is 8.87. The molecule has 0 spiro atoms. The molecule has 1 aliphatic heterocycles. The minimum atomic E-state index is -4.88. The van der Waals surface area contributed by atoms with Crippen LogP contribution in [0.4, 0.5) is 13.2 Å². The van der Waals surface area contributed by atoms with Crippen LogP contribution in [-0.4, -0.2) is 53.9 Å². The van der Waals surface area contributed by atoms with Gasteiger partial charge in [0.1, 0.15) is 6.61 Å². The van der Waals surface area contributed by atoms with E-state index in [1.165, 1.54) is 0 Å². The number of ether oxygens (including phenoxy) is 1. The molecule has 1 fully saturated rings. The molecule has 20 heavy (non-hydrogen) atoms. The number of alkyl halides is 3. The molecule has 0 radical (unpaired) electrons. The minimum Gasteiger partial charge on any atom is -0.481 e. The summed E-state index contributed by atoms with van der Waals surface area (Å²) in [4.78, 5) is 23.6. The second kappa shape index (κ2) is 5.99. The van der Waals surface area contributed by atoms with Gasteiger partial charge in [0.05, 0.1) is 6.10 Å². The first-order valence-corrected chi connectivity index (χ1v) is 6.33. The number of amides is 1. The number of rotatable bonds is 5. The number of aliphatic carboxylic acids is 1. The van der Waals surface area contributed by atoms with Gasteiger partial charge in [-0.1, -0.05) is 6.92 Å². The Labute approximate surface area is 114 Å². The van der Waals surface area contributed by atoms with Gasteiger partial charge in [0, 0.05) is 13.1 Å². The maximum absolute atomic E-state index is 12.9. The van der Waals surface area contributed by atoms with Crippen molar-refractivity contribution in [3.05, 3.63) is 0 Å². The molecule has 2 unspecified atom stereocenters. The average Bonchev–Trinajstić information content (AvgIpc) is 2.81. The van der Waals surface area contributed by atoms with Crippen molar-refractivity contribution >= 4 is 11.9 Å². The summed E-state index contributed by atoms with van der Waals surface area (Å²) in [7, 11) is 0. The number of carboxylic acid groups (broad SMARTS) is 1. The number of hydrogen-bond acceptors (Lipinski definition) is 3. The molecule has 0 aromatic rings. The van der Waals surface area contributed by atoms with Crippen molar-refractivity contribution < 1.29 is 32.6 Å². The molecular weight excluding hydrogens is 279 g/mol. The number of halogens is 3. The summed E-state index contributed by atoms with van der Waals surface area (Å²) in [5.74, 6) is -2.55. The Balaban J connectivity index is 2.70. The van der Waals surface area contributed by atoms with Crippen LogP contribution in [0.5, 0.6) is 0 Å². The second-order valence-corrected chi connectivity index (χ2v) is 4.98. The molecule has 0 saturated carbocycles. The number of nitrogens with zero attached hydrogens (tertiary/aromatic N) is 1. The third-order valence-electron chi connectivity index (χ3n) is 3.64. The van der Waals surface area contributed by atoms with Gasteiger partial charge in [-0.2, -0.15) is 13.2 Å². The maximum Gasteiger partial charge on any atom is 0.406 e. The Morgan fingerprint density at radius 2 is 2.05 bits per heavy atom. The maximum atomic E-state index is 12.9. The van der Waals surface area contributed by atoms with E-state index >= 15 is 0 Å². The highest BCUT2D eigenvalue weighted by molar-refractivity contribution is 5.82. The van der Waals surface area contributed by atoms with E-state index in [9.17, 15) is 22.8 Å². The predicted molar refractivity (Wildman–Crippen MR) is 63.0 cm³/mol. The van der Waals surface area contributed by atoms with Gasteiger partial charge >= 0.3 is 12.1 Å². The Morgan fingerprint density at radius 3 is 2.45 bits per heavy atom. The summed E-state index contributed by atoms with van der Waals surface area (Å²) in [6.07, 6.45) is -5.00. The molecule has 1 amide bonds. The number of carbonyl (C=O) groups excluding carboxylic acids is 1. The monoisotopic (exact) mass is 297 g/mol. The van der Waals surface area contributed by atoms with E-state index in [0.29, 0.717) is 6.42 Å². The lowest BCUT2D eigenvalue weighted by atomic mass is 9.86. The lowest BCUT2D eigenvalue weighted by Gasteiger charge is -2.27. The molecule has 0 bridgehead atoms. The zero-order valence-electron chi connectivity index (χ0n) is 11.4. The van der Waals surface area contributed by atoms with Crippen molar-refractivity contribution in [2.24, 2.45) is 5.41 Å². The summed E-state index contributed by atoms with van der Waals surface area (Å²) >= 11 is 0. The molecule has 1 N–H and O–H groups in total. The summed E-state index contributed by atoms with van der Waals surface area (Å²) in [6.45, 7) is 2.18. The van der Waals surface area contributed by atoms with Crippen molar-refractivity contribution in [3.63, 3.8) is 0 Å². The average molecular weight is 297 g/mol. The van der Waals surface area contributed by atoms with Gasteiger partial charge in [0.25, 0.3) is 0 Å². The molecule has 1 aliphatic rings. The molecule has 1 heterocycles. The van der Waals surface area contributed by atoms with Crippen molar-refractivity contribution in [2.45, 2.75) is 39.0 Å². The topological polar surface area (TPSA) is 66.8 Å². The van der Waals surface area contributed by atoms with Crippen LogP contribution >= 0.6 is 0 Å². The minimum absolute atomic E-state index is 0.173. The third kappa shape index (κ3) is 3.23. The van der Waals surface area contributed by atoms with Crippen molar-refractivity contribution in [3.8, 4) is 0 Å². The largest absolute Gasteiger partial charge is 0.481 e. The fourth-order valence-corrected chi connectivity index (χ4v) is 1.97. The van der Waals surface area contributed by atoms with E-state index in [2.05, 4.69) is 0 Å². The zero-order valence-corrected chi connectivity index (χ0v) is 11.4. The van der Waals surface area contributed by atoms with Crippen molar-refractivity contribution in [1.82, 2.24) is 4.90 Å². The Morgan fingerprint density at radius 1 is 1.45 bits per heavy atom. The van der Waals surface area contributed by atoms with Crippen molar-refractivity contribution in [1.29, 1.82) is 0 Å². The molecule has 8 heteroatoms. The van der Waals surface area contributed by atoms with Crippen LogP contribution in [0.15, 0.2) is 0 Å². The highest BCUT2D eigenvalue weighted by atomic mass is 19.4. The predicted octanol–water partition coefficient (Wildman–Crippen LogP) is 1.67. The molecule has 1 rings (SSSR count). The summed E-state index contributed by atoms with van der Waals surface area (Å²) in [5.41, 5.74) is -2.86. The first-order valence-electron chi connectivity index (χ1n) is 6.33. The van der Waals surface area contributed by atoms with Crippen LogP contribution in [-0.2, 0) is 14.3 Å². The zero-order chi connectivity index (χ0) is 15.6. The fourth-order valence-electron chi connectivity index (χ4n) is 1.97. The molecule has 0 aromatic carbocycles. The van der Waals surface area contributed by atoms with Crippen LogP contribution < -0.4 is 0 Å². The van der Waals surface area contributed by atoms with E-state index in [-0.39, 0.29) is 19.3 Å². The van der Waals surface area contributed by atoms with Gasteiger partial charge in [-0.3, -0.25) is 9.59 Å². The SMILES string of the molecule is CCC(C)OCC(=O)N1CCC(C(=O)O)(C(F)(F)F)C1. The van der Waals surface area contributed by atoms with Gasteiger partial charge in [0.15, 0.2) is 5.41 Å². The smallest absolute Gasteiger partial charge is 0.406 e. The van der Waals surface area contributed by atoms with Crippen LogP contribution in [0.3, 0.4) is 0 Å². The highest BCUT2D eigenvalue weighted by Crippen LogP contribution is 2.45. The molecule has 2 atom stereocenters. The third-order valence-corrected chi connectivity index (χ3v) is 3.64. The van der Waals surface area contributed by atoms with Crippen LogP contribution in [0, 0.1) is 5.41 Å². The normalized spacial score (nSPS) is 24.8. The molecule has 116 valence electrons. The van der Waals surface area contributed by atoms with Gasteiger partial charge in [-0.25, -0.2) is 0 Å². The fraction of sp³-hybridized carbons (Fsp3) is 0.833. The number of carbonyl (C=O) groups is 2. The molecule has 1 saturated heterocycles. The summed E-state index contributed by atoms with van der Waals surface area (Å²) in [6, 6.07) is 0. The lowest BCUT2D eigenvalue weighted by molar-refractivity contribution is -0.227. The van der Waals surface area contributed by atoms with E-state index < -0.39 is 36.4 Å². The van der Waals surface area contributed by atoms with Gasteiger partial charge < -0.3 is 14.7 Å². The number of hydrogen-bond donors (Lipinski definition) is 1. The van der Waals surface area contributed by atoms with E-state index in [4.69, 9.17) is 9.84 Å². The lowest BCUT2D eigenvalue weighted by Crippen LogP contribution is -2.48. The molecule has 0 aromatic heterocycles. The highest BCUT2D eigenvalue weighted by Gasteiger charge is 2.64. The first kappa shape index (κ1) is 16.7. The van der Waals surface area contributed by atoms with Crippen LogP contribution in [0.2, 0.25) is 0 Å². The Hall–Kier alpha value is -1.31. The van der Waals surface area contributed by atoms with E-state index in [1.54, 1.807) is 6.92 Å². The van der Waals surface area contributed by atoms with Gasteiger partial charge in [-0.15, -0.1) is 0 Å². The Kier molecular flexibility index (Phi) is 5.01.